The van der Waals surface area contributed by atoms with Crippen LogP contribution in [0.4, 0.5) is 0 Å². The summed E-state index contributed by atoms with van der Waals surface area (Å²) < 4.78 is 0. The van der Waals surface area contributed by atoms with Crippen molar-refractivity contribution in [2.45, 2.75) is 52.6 Å². The first-order valence-corrected chi connectivity index (χ1v) is 5.83. The van der Waals surface area contributed by atoms with Gasteiger partial charge in [-0.25, -0.2) is 9.59 Å². The highest BCUT2D eigenvalue weighted by Crippen LogP contribution is 2.22. The third kappa shape index (κ3) is 5.59. The Morgan fingerprint density at radius 2 is 1.56 bits per heavy atom. The van der Waals surface area contributed by atoms with Gasteiger partial charge in [0.15, 0.2) is 6.17 Å². The first-order chi connectivity index (χ1) is 7.69. The second-order valence-electron chi connectivity index (χ2n) is 4.11. The number of rotatable bonds is 8. The summed E-state index contributed by atoms with van der Waals surface area (Å²) in [7, 11) is 0. The maximum Gasteiger partial charge on any atom is 0.237 e. The van der Waals surface area contributed by atoms with Gasteiger partial charge >= 0.3 is 0 Å². The molecule has 0 spiro atoms. The van der Waals surface area contributed by atoms with E-state index in [1.54, 1.807) is 0 Å². The van der Waals surface area contributed by atoms with E-state index in [4.69, 9.17) is 0 Å². The summed E-state index contributed by atoms with van der Waals surface area (Å²) >= 11 is 0. The van der Waals surface area contributed by atoms with E-state index in [0.717, 1.165) is 25.7 Å². The molecule has 0 aliphatic rings. The van der Waals surface area contributed by atoms with Gasteiger partial charge in [-0.2, -0.15) is 9.98 Å². The molecule has 0 fully saturated rings. The van der Waals surface area contributed by atoms with Gasteiger partial charge in [0.25, 0.3) is 0 Å². The SMILES string of the molecule is CCC(C)CCC(CC)C(N=C=O)N=C=O. The fourth-order valence-electron chi connectivity index (χ4n) is 1.61. The van der Waals surface area contributed by atoms with Crippen molar-refractivity contribution in [1.29, 1.82) is 0 Å². The minimum absolute atomic E-state index is 0.136. The molecule has 0 radical (unpaired) electrons. The highest BCUT2D eigenvalue weighted by atomic mass is 16.1. The van der Waals surface area contributed by atoms with Gasteiger partial charge < -0.3 is 0 Å². The van der Waals surface area contributed by atoms with Gasteiger partial charge in [-0.1, -0.05) is 33.6 Å². The maximum atomic E-state index is 10.2. The third-order valence-electron chi connectivity index (χ3n) is 3.04. The zero-order valence-corrected chi connectivity index (χ0v) is 10.3. The van der Waals surface area contributed by atoms with E-state index in [-0.39, 0.29) is 5.92 Å². The quantitative estimate of drug-likeness (QED) is 0.470. The fraction of sp³-hybridized carbons (Fsp3) is 0.833. The van der Waals surface area contributed by atoms with Crippen LogP contribution in [0.2, 0.25) is 0 Å². The van der Waals surface area contributed by atoms with Crippen LogP contribution in [0.5, 0.6) is 0 Å². The summed E-state index contributed by atoms with van der Waals surface area (Å²) in [5, 5.41) is 0. The minimum Gasteiger partial charge on any atom is -0.211 e. The van der Waals surface area contributed by atoms with Crippen molar-refractivity contribution in [2.75, 3.05) is 0 Å². The van der Waals surface area contributed by atoms with Gasteiger partial charge in [0.05, 0.1) is 0 Å². The van der Waals surface area contributed by atoms with Gasteiger partial charge in [0, 0.05) is 5.92 Å². The molecular formula is C12H20N2O2. The van der Waals surface area contributed by atoms with E-state index >= 15 is 0 Å². The zero-order chi connectivity index (χ0) is 12.4. The Morgan fingerprint density at radius 3 is 1.94 bits per heavy atom. The molecule has 0 aliphatic carbocycles. The molecule has 0 aliphatic heterocycles. The molecule has 0 bridgehead atoms. The summed E-state index contributed by atoms with van der Waals surface area (Å²) in [4.78, 5) is 27.6. The lowest BCUT2D eigenvalue weighted by Gasteiger charge is -2.18. The predicted molar refractivity (Wildman–Crippen MR) is 62.5 cm³/mol. The molecular weight excluding hydrogens is 204 g/mol. The second-order valence-corrected chi connectivity index (χ2v) is 4.11. The van der Waals surface area contributed by atoms with Crippen LogP contribution in [-0.2, 0) is 9.59 Å². The molecule has 4 nitrogen and oxygen atoms in total. The van der Waals surface area contributed by atoms with Crippen molar-refractivity contribution in [3.05, 3.63) is 0 Å². The van der Waals surface area contributed by atoms with Gasteiger partial charge in [-0.15, -0.1) is 0 Å². The van der Waals surface area contributed by atoms with Crippen LogP contribution in [0.1, 0.15) is 46.5 Å². The number of carbonyl (C=O) groups excluding carboxylic acids is 2. The topological polar surface area (TPSA) is 58.9 Å². The highest BCUT2D eigenvalue weighted by molar-refractivity contribution is 5.37. The van der Waals surface area contributed by atoms with Crippen molar-refractivity contribution < 1.29 is 9.59 Å². The molecule has 0 heterocycles. The highest BCUT2D eigenvalue weighted by Gasteiger charge is 2.19. The Balaban J connectivity index is 4.42. The second kappa shape index (κ2) is 9.02. The Morgan fingerprint density at radius 1 is 1.00 bits per heavy atom. The normalized spacial score (nSPS) is 15.4. The molecule has 0 aromatic carbocycles. The van der Waals surface area contributed by atoms with E-state index in [1.807, 2.05) is 6.92 Å². The smallest absolute Gasteiger partial charge is 0.211 e. The number of isocyanates is 2. The van der Waals surface area contributed by atoms with Crippen LogP contribution in [0.25, 0.3) is 0 Å². The average molecular weight is 224 g/mol. The van der Waals surface area contributed by atoms with Gasteiger partial charge in [0.1, 0.15) is 0 Å². The van der Waals surface area contributed by atoms with E-state index in [2.05, 4.69) is 23.8 Å². The molecule has 0 aromatic heterocycles. The van der Waals surface area contributed by atoms with Crippen LogP contribution in [-0.4, -0.2) is 18.3 Å². The Kier molecular flexibility index (Phi) is 8.32. The van der Waals surface area contributed by atoms with E-state index in [0.29, 0.717) is 5.92 Å². The summed E-state index contributed by atoms with van der Waals surface area (Å²) in [6, 6.07) is 0. The molecule has 2 unspecified atom stereocenters. The zero-order valence-electron chi connectivity index (χ0n) is 10.3. The number of aliphatic imine (C=N–C) groups is 2. The first kappa shape index (κ1) is 14.8. The molecule has 4 heteroatoms. The Hall–Kier alpha value is -1.24. The van der Waals surface area contributed by atoms with Crippen LogP contribution in [0.3, 0.4) is 0 Å². The van der Waals surface area contributed by atoms with Gasteiger partial charge in [0.2, 0.25) is 12.2 Å². The summed E-state index contributed by atoms with van der Waals surface area (Å²) in [5.41, 5.74) is 0. The number of hydrogen-bond acceptors (Lipinski definition) is 4. The van der Waals surface area contributed by atoms with Crippen LogP contribution >= 0.6 is 0 Å². The lowest BCUT2D eigenvalue weighted by molar-refractivity contribution is 0.346. The van der Waals surface area contributed by atoms with Gasteiger partial charge in [-0.3, -0.25) is 0 Å². The summed E-state index contributed by atoms with van der Waals surface area (Å²) in [5.74, 6) is 0.784. The van der Waals surface area contributed by atoms with E-state index in [9.17, 15) is 9.59 Å². The van der Waals surface area contributed by atoms with Crippen molar-refractivity contribution in [3.63, 3.8) is 0 Å². The monoisotopic (exact) mass is 224 g/mol. The summed E-state index contributed by atoms with van der Waals surface area (Å²) in [6.07, 6.45) is 6.31. The van der Waals surface area contributed by atoms with Crippen molar-refractivity contribution in [2.24, 2.45) is 21.8 Å². The van der Waals surface area contributed by atoms with Crippen LogP contribution in [0, 0.1) is 11.8 Å². The number of nitrogens with zero attached hydrogens (tertiary/aromatic N) is 2. The number of hydrogen-bond donors (Lipinski definition) is 0. The molecule has 0 amide bonds. The molecule has 2 atom stereocenters. The first-order valence-electron chi connectivity index (χ1n) is 5.83. The molecule has 0 N–H and O–H groups in total. The van der Waals surface area contributed by atoms with Crippen molar-refractivity contribution >= 4 is 12.2 Å². The minimum atomic E-state index is -0.593. The maximum absolute atomic E-state index is 10.2. The molecule has 16 heavy (non-hydrogen) atoms. The lowest BCUT2D eigenvalue weighted by atomic mass is 9.92. The van der Waals surface area contributed by atoms with Crippen LogP contribution in [0.15, 0.2) is 9.98 Å². The molecule has 0 saturated heterocycles. The Labute approximate surface area is 96.9 Å². The Bertz CT molecular complexity index is 261. The lowest BCUT2D eigenvalue weighted by Crippen LogP contribution is -2.16. The van der Waals surface area contributed by atoms with E-state index < -0.39 is 6.17 Å². The average Bonchev–Trinajstić information content (AvgIpc) is 2.30. The summed E-state index contributed by atoms with van der Waals surface area (Å²) in [6.45, 7) is 6.35. The molecule has 0 aromatic rings. The molecule has 90 valence electrons. The van der Waals surface area contributed by atoms with Crippen molar-refractivity contribution in [1.82, 2.24) is 0 Å². The molecule has 0 saturated carbocycles. The fourth-order valence-corrected chi connectivity index (χ4v) is 1.61. The third-order valence-corrected chi connectivity index (χ3v) is 3.04. The van der Waals surface area contributed by atoms with E-state index in [1.165, 1.54) is 12.2 Å². The molecule has 0 rings (SSSR count). The van der Waals surface area contributed by atoms with Crippen LogP contribution < -0.4 is 0 Å². The van der Waals surface area contributed by atoms with Gasteiger partial charge in [-0.05, 0) is 18.8 Å². The largest absolute Gasteiger partial charge is 0.237 e. The standard InChI is InChI=1S/C12H20N2O2/c1-4-10(3)6-7-11(5-2)12(13-8-15)14-9-16/h10-12H,4-7H2,1-3H3. The van der Waals surface area contributed by atoms with Crippen molar-refractivity contribution in [3.8, 4) is 0 Å². The predicted octanol–water partition coefficient (Wildman–Crippen LogP) is 2.84.